The lowest BCUT2D eigenvalue weighted by molar-refractivity contribution is 0.225. The highest BCUT2D eigenvalue weighted by atomic mass is 16.2. The molecule has 0 aliphatic heterocycles. The van der Waals surface area contributed by atoms with Crippen molar-refractivity contribution >= 4 is 6.03 Å². The smallest absolute Gasteiger partial charge is 0.318 e. The average Bonchev–Trinajstić information content (AvgIpc) is 2.29. The van der Waals surface area contributed by atoms with Gasteiger partial charge >= 0.3 is 6.03 Å². The summed E-state index contributed by atoms with van der Waals surface area (Å²) >= 11 is 0. The maximum atomic E-state index is 11.6. The van der Waals surface area contributed by atoms with Gasteiger partial charge in [0.15, 0.2) is 0 Å². The number of allylic oxidation sites excluding steroid dienone is 1. The first kappa shape index (κ1) is 13.1. The van der Waals surface area contributed by atoms with Crippen molar-refractivity contribution in [1.29, 1.82) is 0 Å². The largest absolute Gasteiger partial charge is 0.335 e. The summed E-state index contributed by atoms with van der Waals surface area (Å²) in [5.74, 6) is 0.607. The Morgan fingerprint density at radius 1 is 1.38 bits per heavy atom. The van der Waals surface area contributed by atoms with Crippen molar-refractivity contribution in [3.63, 3.8) is 0 Å². The first-order chi connectivity index (χ1) is 7.63. The SMILES string of the molecule is CC/C(C)=C/NC(=O)NC1CCCCC1C. The molecule has 0 saturated heterocycles. The molecule has 1 aliphatic rings. The first-order valence-corrected chi connectivity index (χ1v) is 6.36. The number of carbonyl (C=O) groups is 1. The lowest BCUT2D eigenvalue weighted by atomic mass is 9.86. The van der Waals surface area contributed by atoms with Gasteiger partial charge in [-0.25, -0.2) is 4.79 Å². The summed E-state index contributed by atoms with van der Waals surface area (Å²) in [5, 5.41) is 5.84. The number of hydrogen-bond donors (Lipinski definition) is 2. The first-order valence-electron chi connectivity index (χ1n) is 6.36. The fourth-order valence-corrected chi connectivity index (χ4v) is 2.03. The molecule has 2 atom stereocenters. The van der Waals surface area contributed by atoms with Gasteiger partial charge in [-0.2, -0.15) is 0 Å². The fourth-order valence-electron chi connectivity index (χ4n) is 2.03. The summed E-state index contributed by atoms with van der Waals surface area (Å²) in [7, 11) is 0. The monoisotopic (exact) mass is 224 g/mol. The summed E-state index contributed by atoms with van der Waals surface area (Å²) in [5.41, 5.74) is 1.19. The molecule has 1 saturated carbocycles. The normalized spacial score (nSPS) is 26.3. The Morgan fingerprint density at radius 3 is 2.69 bits per heavy atom. The van der Waals surface area contributed by atoms with Crippen LogP contribution in [0.2, 0.25) is 0 Å². The zero-order valence-corrected chi connectivity index (χ0v) is 10.7. The maximum absolute atomic E-state index is 11.6. The van der Waals surface area contributed by atoms with Gasteiger partial charge in [0.1, 0.15) is 0 Å². The van der Waals surface area contributed by atoms with Gasteiger partial charge in [-0.3, -0.25) is 0 Å². The van der Waals surface area contributed by atoms with Gasteiger partial charge in [-0.15, -0.1) is 0 Å². The molecular weight excluding hydrogens is 200 g/mol. The molecule has 3 heteroatoms. The van der Waals surface area contributed by atoms with Crippen LogP contribution in [0, 0.1) is 5.92 Å². The molecule has 16 heavy (non-hydrogen) atoms. The summed E-state index contributed by atoms with van der Waals surface area (Å²) in [4.78, 5) is 11.6. The average molecular weight is 224 g/mol. The van der Waals surface area contributed by atoms with Gasteiger partial charge in [0.05, 0.1) is 0 Å². The molecule has 2 N–H and O–H groups in total. The fraction of sp³-hybridized carbons (Fsp3) is 0.769. The van der Waals surface area contributed by atoms with Crippen molar-refractivity contribution in [3.8, 4) is 0 Å². The van der Waals surface area contributed by atoms with E-state index in [-0.39, 0.29) is 6.03 Å². The predicted octanol–water partition coefficient (Wildman–Crippen LogP) is 3.18. The van der Waals surface area contributed by atoms with Crippen molar-refractivity contribution in [3.05, 3.63) is 11.8 Å². The van der Waals surface area contributed by atoms with Crippen LogP contribution in [0.3, 0.4) is 0 Å². The standard InChI is InChI=1S/C13H24N2O/c1-4-10(2)9-14-13(16)15-12-8-6-5-7-11(12)3/h9,11-12H,4-8H2,1-3H3,(H2,14,15,16)/b10-9+. The minimum Gasteiger partial charge on any atom is -0.335 e. The van der Waals surface area contributed by atoms with E-state index < -0.39 is 0 Å². The highest BCUT2D eigenvalue weighted by molar-refractivity contribution is 5.75. The third-order valence-electron chi connectivity index (χ3n) is 3.44. The maximum Gasteiger partial charge on any atom is 0.318 e. The van der Waals surface area contributed by atoms with E-state index in [4.69, 9.17) is 0 Å². The third kappa shape index (κ3) is 4.25. The molecule has 0 spiro atoms. The van der Waals surface area contributed by atoms with Crippen molar-refractivity contribution < 1.29 is 4.79 Å². The van der Waals surface area contributed by atoms with Gasteiger partial charge in [-0.1, -0.05) is 32.3 Å². The van der Waals surface area contributed by atoms with Gasteiger partial charge in [-0.05, 0) is 32.1 Å². The number of nitrogens with one attached hydrogen (secondary N) is 2. The molecule has 0 bridgehead atoms. The van der Waals surface area contributed by atoms with Gasteiger partial charge in [0.25, 0.3) is 0 Å². The molecule has 3 nitrogen and oxygen atoms in total. The molecule has 0 aromatic heterocycles. The lowest BCUT2D eigenvalue weighted by Crippen LogP contribution is -2.44. The van der Waals surface area contributed by atoms with Crippen LogP contribution in [0.25, 0.3) is 0 Å². The van der Waals surface area contributed by atoms with Crippen molar-refractivity contribution in [2.24, 2.45) is 5.92 Å². The van der Waals surface area contributed by atoms with Gasteiger partial charge in [0.2, 0.25) is 0 Å². The van der Waals surface area contributed by atoms with E-state index in [9.17, 15) is 4.79 Å². The van der Waals surface area contributed by atoms with Crippen LogP contribution in [-0.4, -0.2) is 12.1 Å². The second-order valence-corrected chi connectivity index (χ2v) is 4.83. The van der Waals surface area contributed by atoms with Crippen LogP contribution in [0.15, 0.2) is 11.8 Å². The van der Waals surface area contributed by atoms with Crippen LogP contribution in [-0.2, 0) is 0 Å². The molecule has 0 aromatic carbocycles. The number of carbonyl (C=O) groups excluding carboxylic acids is 1. The minimum atomic E-state index is -0.0634. The second-order valence-electron chi connectivity index (χ2n) is 4.83. The number of hydrogen-bond acceptors (Lipinski definition) is 1. The molecule has 0 radical (unpaired) electrons. The summed E-state index contributed by atoms with van der Waals surface area (Å²) in [6.07, 6.45) is 7.65. The molecule has 0 heterocycles. The van der Waals surface area contributed by atoms with Crippen molar-refractivity contribution in [2.45, 2.75) is 58.9 Å². The zero-order valence-electron chi connectivity index (χ0n) is 10.7. The quantitative estimate of drug-likeness (QED) is 0.759. The summed E-state index contributed by atoms with van der Waals surface area (Å²) in [6.45, 7) is 6.31. The molecule has 1 aliphatic carbocycles. The Kier molecular flexibility index (Phi) is 5.36. The molecular formula is C13H24N2O. The predicted molar refractivity (Wildman–Crippen MR) is 67.1 cm³/mol. The Labute approximate surface area is 98.7 Å². The van der Waals surface area contributed by atoms with E-state index in [1.54, 1.807) is 6.20 Å². The topological polar surface area (TPSA) is 41.1 Å². The third-order valence-corrected chi connectivity index (χ3v) is 3.44. The van der Waals surface area contributed by atoms with Crippen LogP contribution >= 0.6 is 0 Å². The Hall–Kier alpha value is -0.990. The summed E-state index contributed by atoms with van der Waals surface area (Å²) in [6, 6.07) is 0.288. The van der Waals surface area contributed by atoms with E-state index in [0.29, 0.717) is 12.0 Å². The minimum absolute atomic E-state index is 0.0634. The van der Waals surface area contributed by atoms with E-state index in [1.165, 1.54) is 24.8 Å². The van der Waals surface area contributed by atoms with Crippen LogP contribution in [0.5, 0.6) is 0 Å². The Bertz CT molecular complexity index is 261. The van der Waals surface area contributed by atoms with E-state index in [2.05, 4.69) is 24.5 Å². The van der Waals surface area contributed by atoms with Crippen LogP contribution in [0.1, 0.15) is 52.9 Å². The van der Waals surface area contributed by atoms with E-state index >= 15 is 0 Å². The van der Waals surface area contributed by atoms with Crippen molar-refractivity contribution in [1.82, 2.24) is 10.6 Å². The highest BCUT2D eigenvalue weighted by Crippen LogP contribution is 2.23. The molecule has 1 fully saturated rings. The van der Waals surface area contributed by atoms with E-state index in [1.807, 2.05) is 6.92 Å². The Balaban J connectivity index is 2.33. The van der Waals surface area contributed by atoms with Gasteiger partial charge < -0.3 is 10.6 Å². The van der Waals surface area contributed by atoms with E-state index in [0.717, 1.165) is 12.8 Å². The number of urea groups is 1. The molecule has 1 rings (SSSR count). The highest BCUT2D eigenvalue weighted by Gasteiger charge is 2.22. The second kappa shape index (κ2) is 6.56. The lowest BCUT2D eigenvalue weighted by Gasteiger charge is -2.29. The number of amides is 2. The van der Waals surface area contributed by atoms with Crippen molar-refractivity contribution in [2.75, 3.05) is 0 Å². The zero-order chi connectivity index (χ0) is 12.0. The molecule has 2 amide bonds. The summed E-state index contributed by atoms with van der Waals surface area (Å²) < 4.78 is 0. The number of rotatable bonds is 3. The van der Waals surface area contributed by atoms with Crippen LogP contribution < -0.4 is 10.6 Å². The Morgan fingerprint density at radius 2 is 2.06 bits per heavy atom. The molecule has 0 aromatic rings. The van der Waals surface area contributed by atoms with Gasteiger partial charge in [0, 0.05) is 12.2 Å². The van der Waals surface area contributed by atoms with Crippen LogP contribution in [0.4, 0.5) is 4.79 Å². The molecule has 2 unspecified atom stereocenters. The molecule has 92 valence electrons.